The molecule has 2 radical (unpaired) electrons. The number of aryl methyl sites for hydroxylation is 2. The Hall–Kier alpha value is -4.58. The van der Waals surface area contributed by atoms with E-state index in [9.17, 15) is 9.59 Å². The van der Waals surface area contributed by atoms with Crippen LogP contribution in [0, 0.1) is 26.0 Å². The summed E-state index contributed by atoms with van der Waals surface area (Å²) in [6.07, 6.45) is 6.39. The first-order valence-corrected chi connectivity index (χ1v) is 26.3. The number of fused-ring (bicyclic) bond motifs is 2. The first-order valence-electron chi connectivity index (χ1n) is 22.9. The molecule has 70 heavy (non-hydrogen) atoms. The van der Waals surface area contributed by atoms with Gasteiger partial charge in [0.05, 0.1) is 11.5 Å². The number of benzene rings is 4. The van der Waals surface area contributed by atoms with Gasteiger partial charge in [0, 0.05) is 52.4 Å². The Balaban J connectivity index is 0.000000285. The first-order chi connectivity index (χ1) is 32.1. The third-order valence-corrected chi connectivity index (χ3v) is 15.5. The average molecular weight is 1420 g/mol. The van der Waals surface area contributed by atoms with Gasteiger partial charge in [0.25, 0.3) is 0 Å². The quantitative estimate of drug-likeness (QED) is 0.0680. The molecule has 4 aromatic heterocycles. The van der Waals surface area contributed by atoms with E-state index in [-0.39, 0.29) is 68.7 Å². The molecule has 8 aromatic rings. The van der Waals surface area contributed by atoms with Gasteiger partial charge in [-0.3, -0.25) is 9.59 Å². The van der Waals surface area contributed by atoms with E-state index in [0.717, 1.165) is 22.5 Å². The van der Waals surface area contributed by atoms with Crippen molar-refractivity contribution in [3.05, 3.63) is 179 Å². The number of carbonyl (C=O) groups is 2. The SMILES string of the molecule is CC(=O)C=C(C)O.CC(=O)C=C(C)O.CC(C)c1cccc(C(C)C)c1-c1cc2cnc(-c3[c-]cccc3)cc2[se]1.Cc1cc(C(C)(C)C)cc(C)c1-c1cc2cnc(-c3[c-]cccc3)cc2[se]1.[Ir].[Ir]. The van der Waals surface area contributed by atoms with E-state index >= 15 is 0 Å². The van der Waals surface area contributed by atoms with Gasteiger partial charge in [-0.25, -0.2) is 0 Å². The summed E-state index contributed by atoms with van der Waals surface area (Å²) in [5, 5.41) is 19.3. The van der Waals surface area contributed by atoms with Gasteiger partial charge in [-0.15, -0.1) is 0 Å². The maximum atomic E-state index is 10.0. The Morgan fingerprint density at radius 1 is 0.586 bits per heavy atom. The minimum atomic E-state index is -0.125. The van der Waals surface area contributed by atoms with Crippen molar-refractivity contribution in [1.29, 1.82) is 0 Å². The number of aliphatic hydroxyl groups excluding tert-OH is 2. The molecule has 0 spiro atoms. The molecule has 8 rings (SSSR count). The summed E-state index contributed by atoms with van der Waals surface area (Å²) in [5.74, 6) is 0.915. The molecule has 10 heteroatoms. The fourth-order valence-electron chi connectivity index (χ4n) is 7.72. The van der Waals surface area contributed by atoms with Crippen LogP contribution in [0.15, 0.2) is 139 Å². The van der Waals surface area contributed by atoms with E-state index in [2.05, 4.69) is 146 Å². The third-order valence-electron chi connectivity index (χ3n) is 10.9. The zero-order chi connectivity index (χ0) is 49.9. The third kappa shape index (κ3) is 16.8. The van der Waals surface area contributed by atoms with E-state index in [4.69, 9.17) is 15.2 Å². The van der Waals surface area contributed by atoms with Crippen LogP contribution in [0.1, 0.15) is 116 Å². The number of rotatable bonds is 8. The van der Waals surface area contributed by atoms with Crippen LogP contribution in [-0.4, -0.2) is 60.8 Å². The molecule has 6 nitrogen and oxygen atoms in total. The van der Waals surface area contributed by atoms with Gasteiger partial charge < -0.3 is 10.2 Å². The van der Waals surface area contributed by atoms with Gasteiger partial charge in [0.1, 0.15) is 0 Å². The number of ketones is 2. The molecule has 4 aromatic carbocycles. The predicted molar refractivity (Wildman–Crippen MR) is 287 cm³/mol. The summed E-state index contributed by atoms with van der Waals surface area (Å²) in [6, 6.07) is 43.5. The van der Waals surface area contributed by atoms with Crippen molar-refractivity contribution in [3.63, 3.8) is 0 Å². The Bertz CT molecular complexity index is 2990. The van der Waals surface area contributed by atoms with Crippen LogP contribution in [0.5, 0.6) is 0 Å². The second kappa shape index (κ2) is 27.3. The van der Waals surface area contributed by atoms with E-state index in [1.165, 1.54) is 107 Å². The van der Waals surface area contributed by atoms with Crippen molar-refractivity contribution in [1.82, 2.24) is 9.97 Å². The number of hydrogen-bond donors (Lipinski definition) is 2. The minimum absolute atomic E-state index is 0. The van der Waals surface area contributed by atoms with Gasteiger partial charge in [0.15, 0.2) is 11.6 Å². The molecule has 4 heterocycles. The van der Waals surface area contributed by atoms with Crippen molar-refractivity contribution >= 4 is 59.9 Å². The van der Waals surface area contributed by atoms with E-state index in [1.807, 2.05) is 48.8 Å². The first kappa shape index (κ1) is 59.7. The molecule has 370 valence electrons. The fourth-order valence-corrected chi connectivity index (χ4v) is 12.8. The molecule has 0 aliphatic rings. The molecule has 0 aliphatic heterocycles. The smallest absolute Gasteiger partial charge is 0 e. The molecule has 0 atom stereocenters. The van der Waals surface area contributed by atoms with Gasteiger partial charge >= 0.3 is 336 Å². The van der Waals surface area contributed by atoms with Crippen LogP contribution >= 0.6 is 0 Å². The summed E-state index contributed by atoms with van der Waals surface area (Å²) in [6.45, 7) is 26.2. The monoisotopic (exact) mass is 1420 g/mol. The van der Waals surface area contributed by atoms with Crippen LogP contribution in [-0.2, 0) is 55.2 Å². The summed E-state index contributed by atoms with van der Waals surface area (Å²) in [4.78, 5) is 29.4. The zero-order valence-electron chi connectivity index (χ0n) is 42.4. The number of aromatic nitrogens is 2. The van der Waals surface area contributed by atoms with Crippen LogP contribution in [0.3, 0.4) is 0 Å². The van der Waals surface area contributed by atoms with Crippen LogP contribution in [0.25, 0.3) is 61.8 Å². The maximum absolute atomic E-state index is 10.0. The standard InChI is InChI=1S/2C25H24NSe.2C5H8O2.2Ir/c1-16-11-20(25(3,4)5)12-17(2)24(16)23-13-19-15-26-21(14-22(19)27-23)18-9-7-6-8-10-18;1-16(2)20-11-8-12-21(17(3)4)25(20)24-13-19-15-26-22(14-23(19)27-24)18-9-6-5-7-10-18;2*1-4(6)3-5(2)7;;/h6-9,11-15H,1-5H3;5-9,11-17H,1-4H3;2*3,6H,1-2H3;;/q2*-1;;;;. The van der Waals surface area contributed by atoms with E-state index < -0.39 is 0 Å². The summed E-state index contributed by atoms with van der Waals surface area (Å²) in [5.41, 5.74) is 14.3. The van der Waals surface area contributed by atoms with Crippen molar-refractivity contribution < 1.29 is 60.0 Å². The largest absolute Gasteiger partial charge is 0 e. The van der Waals surface area contributed by atoms with Crippen molar-refractivity contribution in [3.8, 4) is 42.5 Å². The molecule has 0 saturated heterocycles. The molecular formula is C60H64Ir2N2O4Se2-2. The van der Waals surface area contributed by atoms with Crippen molar-refractivity contribution in [2.75, 3.05) is 0 Å². The van der Waals surface area contributed by atoms with Gasteiger partial charge in [0.2, 0.25) is 0 Å². The van der Waals surface area contributed by atoms with Gasteiger partial charge in [-0.1, -0.05) is 0 Å². The Labute approximate surface area is 455 Å². The minimum Gasteiger partial charge on any atom is 0 e. The van der Waals surface area contributed by atoms with Crippen LogP contribution < -0.4 is 0 Å². The second-order valence-corrected chi connectivity index (χ2v) is 23.2. The summed E-state index contributed by atoms with van der Waals surface area (Å²) >= 11 is 0.608. The van der Waals surface area contributed by atoms with Crippen molar-refractivity contribution in [2.45, 2.75) is 107 Å². The van der Waals surface area contributed by atoms with E-state index in [1.54, 1.807) is 0 Å². The molecule has 0 unspecified atom stereocenters. The van der Waals surface area contributed by atoms with Crippen molar-refractivity contribution in [2.24, 2.45) is 0 Å². The molecular weight excluding hydrogens is 1360 g/mol. The molecule has 2 N–H and O–H groups in total. The second-order valence-electron chi connectivity index (χ2n) is 18.6. The number of allylic oxidation sites excluding steroid dienone is 4. The normalized spacial score (nSPS) is 11.4. The zero-order valence-corrected chi connectivity index (χ0v) is 50.6. The van der Waals surface area contributed by atoms with Crippen LogP contribution in [0.4, 0.5) is 0 Å². The number of carbonyl (C=O) groups excluding carboxylic acids is 2. The molecule has 0 fully saturated rings. The average Bonchev–Trinajstić information content (AvgIpc) is 3.89. The predicted octanol–water partition coefficient (Wildman–Crippen LogP) is 15.1. The number of pyridine rings is 2. The van der Waals surface area contributed by atoms with E-state index in [0.29, 0.717) is 40.8 Å². The van der Waals surface area contributed by atoms with Crippen LogP contribution in [0.2, 0.25) is 0 Å². The summed E-state index contributed by atoms with van der Waals surface area (Å²) in [7, 11) is 0. The molecule has 0 amide bonds. The number of hydrogen-bond acceptors (Lipinski definition) is 6. The Kier molecular flexibility index (Phi) is 23.3. The Morgan fingerprint density at radius 3 is 1.30 bits per heavy atom. The molecule has 0 bridgehead atoms. The molecule has 0 aliphatic carbocycles. The molecule has 0 saturated carbocycles. The summed E-state index contributed by atoms with van der Waals surface area (Å²) < 4.78 is 5.79. The maximum Gasteiger partial charge on any atom is 0 e. The number of nitrogens with zero attached hydrogens (tertiary/aromatic N) is 2. The van der Waals surface area contributed by atoms with Gasteiger partial charge in [-0.05, 0) is 27.7 Å². The topological polar surface area (TPSA) is 100 Å². The van der Waals surface area contributed by atoms with Gasteiger partial charge in [-0.2, -0.15) is 0 Å². The number of aliphatic hydroxyl groups is 2. The fraction of sp³-hybridized carbons (Fsp3) is 0.267. The Morgan fingerprint density at radius 2 is 0.986 bits per heavy atom.